The zero-order valence-electron chi connectivity index (χ0n) is 44.7. The second kappa shape index (κ2) is 23.9. The maximum atomic E-state index is 9.47. The number of nitrogens with zero attached hydrogens (tertiary/aromatic N) is 1. The quantitative estimate of drug-likeness (QED) is 0.137. The van der Waals surface area contributed by atoms with Crippen molar-refractivity contribution in [3.05, 3.63) is 180 Å². The van der Waals surface area contributed by atoms with Gasteiger partial charge in [0.15, 0.2) is 23.2 Å². The molecule has 0 bridgehead atoms. The van der Waals surface area contributed by atoms with Crippen LogP contribution >= 0.6 is 85.5 Å². The highest BCUT2D eigenvalue weighted by atomic mass is 127. The van der Waals surface area contributed by atoms with Crippen LogP contribution in [-0.4, -0.2) is 0 Å². The maximum Gasteiger partial charge on any atom is 0.171 e. The van der Waals surface area contributed by atoms with E-state index in [1.54, 1.807) is 29.2 Å². The first-order chi connectivity index (χ1) is 31.7. The minimum absolute atomic E-state index is 0. The maximum absolute atomic E-state index is 9.47. The molecule has 0 atom stereocenters. The van der Waals surface area contributed by atoms with E-state index in [0.29, 0.717) is 60.7 Å². The van der Waals surface area contributed by atoms with Gasteiger partial charge in [0, 0.05) is 27.2 Å². The summed E-state index contributed by atoms with van der Waals surface area (Å²) in [6.07, 6.45) is 0. The third-order valence-electron chi connectivity index (χ3n) is 9.05. The first kappa shape index (κ1) is 43.1. The van der Waals surface area contributed by atoms with Crippen molar-refractivity contribution in [1.29, 1.82) is 0 Å². The van der Waals surface area contributed by atoms with Crippen molar-refractivity contribution in [1.82, 2.24) is 0 Å². The van der Waals surface area contributed by atoms with Gasteiger partial charge in [-0.05, 0) is 133 Å². The minimum Gasteiger partial charge on any atom is -0.356 e. The molecular weight excluding hydrogens is 1030 g/mol. The van der Waals surface area contributed by atoms with Gasteiger partial charge in [0.1, 0.15) is 0 Å². The van der Waals surface area contributed by atoms with Crippen LogP contribution in [0, 0.1) is 0 Å². The lowest BCUT2D eigenvalue weighted by atomic mass is 9.86. The van der Waals surface area contributed by atoms with Crippen LogP contribution in [0.4, 0.5) is 31.3 Å². The smallest absolute Gasteiger partial charge is 0.171 e. The van der Waals surface area contributed by atoms with E-state index in [0.717, 1.165) is 15.7 Å². The molecule has 0 aliphatic rings. The predicted octanol–water partition coefficient (Wildman–Crippen LogP) is 20.8. The lowest BCUT2D eigenvalue weighted by Crippen LogP contribution is -2.14. The summed E-state index contributed by atoms with van der Waals surface area (Å²) in [6.45, 7) is 24.1. The Bertz CT molecular complexity index is 2680. The van der Waals surface area contributed by atoms with Crippen LogP contribution in [-0.2, 0) is 21.7 Å². The number of halogens is 7. The summed E-state index contributed by atoms with van der Waals surface area (Å²) >= 11 is 28.1. The lowest BCUT2D eigenvalue weighted by molar-refractivity contribution is 0.590. The SMILES string of the molecule is C.Clc1cccc(Br)c1Cl.FI.[2H]c1c([2H])c(C(C)(C)C)c([2H])c([2H])c1N(c1ccc(C(C)(C)C)cc1)c1cccc(Cl)c1Cl.[2H]c1c([2H])c(C(C)(C)C)c([2H])c([2H])c1Nc1ccc(C(C)(C)C)cc1. The van der Waals surface area contributed by atoms with Crippen molar-refractivity contribution in [2.75, 3.05) is 10.2 Å². The van der Waals surface area contributed by atoms with Gasteiger partial charge < -0.3 is 10.2 Å². The van der Waals surface area contributed by atoms with Crippen LogP contribution in [0.5, 0.6) is 0 Å². The zero-order valence-corrected chi connectivity index (χ0v) is 43.4. The van der Waals surface area contributed by atoms with Crippen molar-refractivity contribution >= 4 is 114 Å². The fourth-order valence-electron chi connectivity index (χ4n) is 5.38. The lowest BCUT2D eigenvalue weighted by Gasteiger charge is -2.28. The highest BCUT2D eigenvalue weighted by Crippen LogP contribution is 2.42. The van der Waals surface area contributed by atoms with Gasteiger partial charge >= 0.3 is 0 Å². The molecule has 0 saturated carbocycles. The monoisotopic (exact) mass is 1100 g/mol. The van der Waals surface area contributed by atoms with E-state index in [1.165, 1.54) is 5.56 Å². The molecule has 9 heteroatoms. The van der Waals surface area contributed by atoms with Crippen molar-refractivity contribution in [3.8, 4) is 0 Å². The van der Waals surface area contributed by atoms with E-state index in [4.69, 9.17) is 57.4 Å². The Morgan fingerprint density at radius 2 is 0.871 bits per heavy atom. The fraction of sp³-hybridized carbons (Fsp3) is 0.321. The average Bonchev–Trinajstić information content (AvgIpc) is 3.25. The molecule has 0 spiro atoms. The molecule has 0 unspecified atom stereocenters. The molecule has 62 heavy (non-hydrogen) atoms. The molecule has 0 radical (unpaired) electrons. The Hall–Kier alpha value is -2.78. The molecular formula is C53H63BrCl4FIN2. The van der Waals surface area contributed by atoms with E-state index in [-0.39, 0.29) is 83.0 Å². The van der Waals surface area contributed by atoms with Gasteiger partial charge in [0.25, 0.3) is 0 Å². The van der Waals surface area contributed by atoms with E-state index < -0.39 is 10.8 Å². The Kier molecular flexibility index (Phi) is 16.7. The third kappa shape index (κ3) is 16.3. The number of benzene rings is 6. The number of hydrogen-bond donors (Lipinski definition) is 1. The number of hydrogen-bond acceptors (Lipinski definition) is 2. The summed E-state index contributed by atoms with van der Waals surface area (Å²) in [5.41, 5.74) is 4.39. The van der Waals surface area contributed by atoms with Crippen molar-refractivity contribution in [3.63, 3.8) is 0 Å². The van der Waals surface area contributed by atoms with E-state index in [9.17, 15) is 2.86 Å². The third-order valence-corrected chi connectivity index (χ3v) is 11.6. The average molecular weight is 1100 g/mol. The molecule has 6 aromatic rings. The van der Waals surface area contributed by atoms with Crippen LogP contribution in [0.2, 0.25) is 20.1 Å². The summed E-state index contributed by atoms with van der Waals surface area (Å²) in [7, 11) is 0. The van der Waals surface area contributed by atoms with E-state index in [1.807, 2.05) is 102 Å². The zero-order chi connectivity index (χ0) is 52.9. The van der Waals surface area contributed by atoms with Gasteiger partial charge in [-0.15, -0.1) is 0 Å². The van der Waals surface area contributed by atoms with Crippen molar-refractivity contribution in [2.24, 2.45) is 0 Å². The molecule has 0 aromatic heterocycles. The van der Waals surface area contributed by atoms with Crippen LogP contribution in [0.15, 0.2) is 138 Å². The first-order valence-corrected chi connectivity index (χ1v) is 22.5. The number of rotatable bonds is 5. The molecule has 334 valence electrons. The Morgan fingerprint density at radius 3 is 1.27 bits per heavy atom. The van der Waals surface area contributed by atoms with E-state index >= 15 is 0 Å². The molecule has 2 nitrogen and oxygen atoms in total. The van der Waals surface area contributed by atoms with E-state index in [2.05, 4.69) is 62.8 Å². The number of anilines is 5. The molecule has 0 aliphatic carbocycles. The van der Waals surface area contributed by atoms with Crippen LogP contribution < -0.4 is 10.2 Å². The highest BCUT2D eigenvalue weighted by molar-refractivity contribution is 14.1. The van der Waals surface area contributed by atoms with Gasteiger partial charge in [-0.3, -0.25) is 0 Å². The normalized spacial score (nSPS) is 13.1. The van der Waals surface area contributed by atoms with Gasteiger partial charge in [-0.2, -0.15) is 2.86 Å². The van der Waals surface area contributed by atoms with Gasteiger partial charge in [-0.1, -0.05) is 197 Å². The molecule has 0 heterocycles. The summed E-state index contributed by atoms with van der Waals surface area (Å²) < 4.78 is 78.5. The Balaban J connectivity index is 0.000000399. The molecule has 6 aromatic carbocycles. The molecule has 0 amide bonds. The summed E-state index contributed by atoms with van der Waals surface area (Å²) in [4.78, 5) is 1.66. The summed E-state index contributed by atoms with van der Waals surface area (Å²) in [5.74, 6) is 0. The minimum atomic E-state index is -0.550. The molecule has 0 aliphatic heterocycles. The molecule has 6 rings (SSSR count). The highest BCUT2D eigenvalue weighted by Gasteiger charge is 2.21. The van der Waals surface area contributed by atoms with Gasteiger partial charge in [0.2, 0.25) is 0 Å². The van der Waals surface area contributed by atoms with Crippen LogP contribution in [0.3, 0.4) is 0 Å². The first-order valence-electron chi connectivity index (χ1n) is 23.4. The standard InChI is InChI=1S/C26H29Cl2N.C20H27N.C6H3BrCl2.CH4.FI/c1-25(2,3)18-10-14-20(15-11-18)29(23-9-7-8-22(27)24(23)28)21-16-12-19(13-17-21)26(4,5)6;1-19(2,3)15-7-11-17(12-8-15)21-18-13-9-16(10-14-18)20(4,5)6;7-4-2-1-3-5(8)6(4)9;;1-2/h7-17H,1-6H3;7-14,21H,1-6H3;1-3H;1H4;/i10D,11D,14D,15D;7D,8D,11D,12D;;;. The van der Waals surface area contributed by atoms with Crippen molar-refractivity contribution in [2.45, 2.75) is 112 Å². The predicted molar refractivity (Wildman–Crippen MR) is 288 cm³/mol. The molecule has 0 saturated heterocycles. The second-order valence-electron chi connectivity index (χ2n) is 18.2. The fourth-order valence-corrected chi connectivity index (χ4v) is 6.54. The van der Waals surface area contributed by atoms with Crippen molar-refractivity contribution < 1.29 is 13.8 Å². The van der Waals surface area contributed by atoms with Crippen LogP contribution in [0.1, 0.15) is 124 Å². The van der Waals surface area contributed by atoms with Crippen LogP contribution in [0.25, 0.3) is 0 Å². The summed E-state index contributed by atoms with van der Waals surface area (Å²) in [6, 6.07) is 25.8. The molecule has 0 fully saturated rings. The molecule has 1 N–H and O–H groups in total. The Labute approximate surface area is 427 Å². The van der Waals surface area contributed by atoms with Gasteiger partial charge in [0.05, 0.1) is 36.7 Å². The van der Waals surface area contributed by atoms with Gasteiger partial charge in [-0.25, -0.2) is 0 Å². The largest absolute Gasteiger partial charge is 0.356 e. The number of nitrogens with one attached hydrogen (secondary N) is 1. The Morgan fingerprint density at radius 1 is 0.484 bits per heavy atom. The second-order valence-corrected chi connectivity index (χ2v) is 20.6. The summed E-state index contributed by atoms with van der Waals surface area (Å²) in [5, 5.41) is 4.82. The topological polar surface area (TPSA) is 15.3 Å².